The molecule has 0 bridgehead atoms. The maximum Gasteiger partial charge on any atom is 0.407 e. The normalized spacial score (nSPS) is 17.8. The summed E-state index contributed by atoms with van der Waals surface area (Å²) < 4.78 is 45.5. The SMILES string of the molecule is COc1ccc(S(=O)(=O)NC(CC(C)(C)CCC#N)[C@H](O)[C@H](Cc2ccccc2)NC(=O)O[C@H]2CCOC2)cc1. The van der Waals surface area contributed by atoms with Crippen LogP contribution >= 0.6 is 0 Å². The van der Waals surface area contributed by atoms with Crippen LogP contribution in [0.4, 0.5) is 4.79 Å². The molecule has 1 aliphatic heterocycles. The van der Waals surface area contributed by atoms with Crippen molar-refractivity contribution in [2.45, 2.75) is 75.1 Å². The lowest BCUT2D eigenvalue weighted by Crippen LogP contribution is -2.56. The number of hydrogen-bond acceptors (Lipinski definition) is 8. The predicted molar refractivity (Wildman–Crippen MR) is 149 cm³/mol. The average molecular weight is 574 g/mol. The number of rotatable bonds is 14. The first kappa shape index (κ1) is 31.4. The summed E-state index contributed by atoms with van der Waals surface area (Å²) in [5.41, 5.74) is 0.347. The minimum absolute atomic E-state index is 0.00791. The van der Waals surface area contributed by atoms with Gasteiger partial charge in [-0.3, -0.25) is 0 Å². The molecule has 1 unspecified atom stereocenters. The zero-order valence-corrected chi connectivity index (χ0v) is 24.0. The Hall–Kier alpha value is -3.17. The third kappa shape index (κ3) is 9.48. The van der Waals surface area contributed by atoms with Gasteiger partial charge in [0.1, 0.15) is 11.9 Å². The van der Waals surface area contributed by atoms with Crippen LogP contribution in [0, 0.1) is 16.7 Å². The number of amides is 1. The van der Waals surface area contributed by atoms with Crippen molar-refractivity contribution in [3.63, 3.8) is 0 Å². The van der Waals surface area contributed by atoms with Crippen LogP contribution in [-0.2, 0) is 25.9 Å². The molecule has 10 nitrogen and oxygen atoms in total. The molecule has 2 aromatic carbocycles. The van der Waals surface area contributed by atoms with Crippen LogP contribution < -0.4 is 14.8 Å². The second kappa shape index (κ2) is 14.5. The molecule has 0 aliphatic carbocycles. The van der Waals surface area contributed by atoms with Gasteiger partial charge in [0.25, 0.3) is 0 Å². The van der Waals surface area contributed by atoms with Gasteiger partial charge in [0.2, 0.25) is 10.0 Å². The van der Waals surface area contributed by atoms with Gasteiger partial charge >= 0.3 is 6.09 Å². The fraction of sp³-hybridized carbons (Fsp3) is 0.517. The minimum Gasteiger partial charge on any atom is -0.497 e. The van der Waals surface area contributed by atoms with Crippen molar-refractivity contribution in [2.24, 2.45) is 5.41 Å². The van der Waals surface area contributed by atoms with E-state index in [1.54, 1.807) is 12.1 Å². The van der Waals surface area contributed by atoms with Crippen molar-refractivity contribution in [3.05, 3.63) is 60.2 Å². The first-order chi connectivity index (χ1) is 19.0. The van der Waals surface area contributed by atoms with Gasteiger partial charge in [-0.1, -0.05) is 44.2 Å². The van der Waals surface area contributed by atoms with E-state index in [4.69, 9.17) is 19.5 Å². The molecular formula is C29H39N3O7S. The summed E-state index contributed by atoms with van der Waals surface area (Å²) in [5.74, 6) is 0.506. The van der Waals surface area contributed by atoms with Gasteiger partial charge in [0, 0.05) is 12.8 Å². The highest BCUT2D eigenvalue weighted by molar-refractivity contribution is 7.89. The quantitative estimate of drug-likeness (QED) is 0.311. The zero-order valence-electron chi connectivity index (χ0n) is 23.2. The van der Waals surface area contributed by atoms with Gasteiger partial charge in [-0.05, 0) is 54.5 Å². The van der Waals surface area contributed by atoms with Crippen molar-refractivity contribution >= 4 is 16.1 Å². The van der Waals surface area contributed by atoms with E-state index in [2.05, 4.69) is 16.1 Å². The van der Waals surface area contributed by atoms with Crippen molar-refractivity contribution < 1.29 is 32.5 Å². The number of hydrogen-bond donors (Lipinski definition) is 3. The van der Waals surface area contributed by atoms with Gasteiger partial charge in [0.15, 0.2) is 0 Å². The third-order valence-corrected chi connectivity index (χ3v) is 8.46. The molecule has 0 spiro atoms. The standard InChI is InChI=1S/C29H39N3O7S/c1-29(2,15-7-16-30)19-26(32-40(35,36)24-12-10-22(37-3)11-13-24)27(33)25(18-21-8-5-4-6-9-21)31-28(34)39-23-14-17-38-20-23/h4-6,8-13,23,25-27,32-33H,7,14-15,17-20H2,1-3H3,(H,31,34)/t23-,25-,26?,27+/m0/s1. The van der Waals surface area contributed by atoms with Crippen molar-refractivity contribution in [3.8, 4) is 11.8 Å². The number of nitrogens with zero attached hydrogens (tertiary/aromatic N) is 1. The molecule has 3 N–H and O–H groups in total. The number of carbonyl (C=O) groups excluding carboxylic acids is 1. The maximum absolute atomic E-state index is 13.4. The number of aliphatic hydroxyl groups is 1. The number of sulfonamides is 1. The minimum atomic E-state index is -4.07. The van der Waals surface area contributed by atoms with Crippen LogP contribution in [0.5, 0.6) is 5.75 Å². The molecule has 1 fully saturated rings. The Balaban J connectivity index is 1.90. The smallest absolute Gasteiger partial charge is 0.407 e. The number of methoxy groups -OCH3 is 1. The van der Waals surface area contributed by atoms with E-state index >= 15 is 0 Å². The van der Waals surface area contributed by atoms with Crippen molar-refractivity contribution in [1.82, 2.24) is 10.0 Å². The highest BCUT2D eigenvalue weighted by Crippen LogP contribution is 2.31. The van der Waals surface area contributed by atoms with Gasteiger partial charge < -0.3 is 24.6 Å². The second-order valence-corrected chi connectivity index (χ2v) is 12.5. The van der Waals surface area contributed by atoms with Crippen LogP contribution in [-0.4, -0.2) is 64.2 Å². The molecule has 4 atom stereocenters. The largest absolute Gasteiger partial charge is 0.497 e. The number of nitrogens with one attached hydrogen (secondary N) is 2. The van der Waals surface area contributed by atoms with E-state index in [0.717, 1.165) is 5.56 Å². The third-order valence-electron chi connectivity index (χ3n) is 6.95. The average Bonchev–Trinajstić information content (AvgIpc) is 3.44. The Kier molecular flexibility index (Phi) is 11.3. The zero-order chi connectivity index (χ0) is 29.2. The van der Waals surface area contributed by atoms with E-state index in [9.17, 15) is 18.3 Å². The summed E-state index contributed by atoms with van der Waals surface area (Å²) in [4.78, 5) is 12.8. The molecule has 1 amide bonds. The second-order valence-electron chi connectivity index (χ2n) is 10.8. The number of alkyl carbamates (subject to hydrolysis) is 1. The van der Waals surface area contributed by atoms with Gasteiger partial charge in [-0.2, -0.15) is 5.26 Å². The molecule has 0 radical (unpaired) electrons. The van der Waals surface area contributed by atoms with Crippen molar-refractivity contribution in [1.29, 1.82) is 5.26 Å². The van der Waals surface area contributed by atoms with E-state index in [-0.39, 0.29) is 30.3 Å². The lowest BCUT2D eigenvalue weighted by atomic mass is 9.79. The van der Waals surface area contributed by atoms with Crippen LogP contribution in [0.3, 0.4) is 0 Å². The fourth-order valence-electron chi connectivity index (χ4n) is 4.69. The summed E-state index contributed by atoms with van der Waals surface area (Å²) in [6.07, 6.45) is -0.625. The van der Waals surface area contributed by atoms with Crippen LogP contribution in [0.25, 0.3) is 0 Å². The Morgan fingerprint density at radius 2 is 1.88 bits per heavy atom. The topological polar surface area (TPSA) is 147 Å². The van der Waals surface area contributed by atoms with E-state index < -0.39 is 39.7 Å². The van der Waals surface area contributed by atoms with E-state index in [1.807, 2.05) is 44.2 Å². The molecule has 3 rings (SSSR count). The molecule has 40 heavy (non-hydrogen) atoms. The summed E-state index contributed by atoms with van der Waals surface area (Å²) in [5, 5.41) is 23.6. The maximum atomic E-state index is 13.4. The van der Waals surface area contributed by atoms with Crippen LogP contribution in [0.15, 0.2) is 59.5 Å². The number of ether oxygens (including phenoxy) is 3. The molecule has 2 aromatic rings. The molecule has 0 aromatic heterocycles. The summed E-state index contributed by atoms with van der Waals surface area (Å²) >= 11 is 0. The molecule has 1 heterocycles. The molecule has 1 saturated heterocycles. The van der Waals surface area contributed by atoms with Crippen LogP contribution in [0.1, 0.15) is 45.1 Å². The van der Waals surface area contributed by atoms with Gasteiger partial charge in [-0.15, -0.1) is 0 Å². The fourth-order valence-corrected chi connectivity index (χ4v) is 5.95. The Bertz CT molecular complexity index is 1220. The highest BCUT2D eigenvalue weighted by atomic mass is 32.2. The number of aliphatic hydroxyl groups excluding tert-OH is 1. The lowest BCUT2D eigenvalue weighted by Gasteiger charge is -2.36. The Morgan fingerprint density at radius 3 is 2.48 bits per heavy atom. The number of carbonyl (C=O) groups is 1. The summed E-state index contributed by atoms with van der Waals surface area (Å²) in [6.45, 7) is 4.64. The monoisotopic (exact) mass is 573 g/mol. The van der Waals surface area contributed by atoms with E-state index in [0.29, 0.717) is 31.8 Å². The molecule has 218 valence electrons. The first-order valence-electron chi connectivity index (χ1n) is 13.3. The first-order valence-corrected chi connectivity index (χ1v) is 14.8. The van der Waals surface area contributed by atoms with Gasteiger partial charge in [0.05, 0.1) is 49.5 Å². The predicted octanol–water partition coefficient (Wildman–Crippen LogP) is 3.55. The van der Waals surface area contributed by atoms with Crippen molar-refractivity contribution in [2.75, 3.05) is 20.3 Å². The van der Waals surface area contributed by atoms with E-state index in [1.165, 1.54) is 19.2 Å². The van der Waals surface area contributed by atoms with Crippen LogP contribution in [0.2, 0.25) is 0 Å². The summed E-state index contributed by atoms with van der Waals surface area (Å²) in [7, 11) is -2.58. The Morgan fingerprint density at radius 1 is 1.18 bits per heavy atom. The molecule has 1 aliphatic rings. The summed E-state index contributed by atoms with van der Waals surface area (Å²) in [6, 6.07) is 15.5. The lowest BCUT2D eigenvalue weighted by molar-refractivity contribution is 0.0538. The van der Waals surface area contributed by atoms with Gasteiger partial charge in [-0.25, -0.2) is 17.9 Å². The molecular weight excluding hydrogens is 534 g/mol. The highest BCUT2D eigenvalue weighted by Gasteiger charge is 2.37. The molecule has 0 saturated carbocycles. The number of nitriles is 1. The molecule has 11 heteroatoms. The Labute approximate surface area is 236 Å². The number of benzene rings is 2.